The topological polar surface area (TPSA) is 105 Å². The van der Waals surface area contributed by atoms with E-state index >= 15 is 0 Å². The van der Waals surface area contributed by atoms with Gasteiger partial charge in [-0.15, -0.1) is 0 Å². The number of aliphatic hydroxyl groups is 1. The van der Waals surface area contributed by atoms with Gasteiger partial charge in [-0.05, 0) is 77.0 Å². The van der Waals surface area contributed by atoms with E-state index in [0.29, 0.717) is 17.4 Å². The van der Waals surface area contributed by atoms with Gasteiger partial charge < -0.3 is 19.8 Å². The van der Waals surface area contributed by atoms with Crippen molar-refractivity contribution >= 4 is 13.7 Å². The SMILES string of the molecule is CC/C=C/CC/C=C/CC/C=C/C(O)C(COP(=O)(O)OCC[N+](C)(C)C)NC(=O)CCCCCCCCCCCCCCCCCCCCCC/C=C\C/C=C\C/C=C\CCCCCCC. The van der Waals surface area contributed by atoms with Crippen LogP contribution in [0.25, 0.3) is 0 Å². The van der Waals surface area contributed by atoms with Crippen LogP contribution in [0.2, 0.25) is 0 Å². The molecule has 0 aliphatic rings. The Bertz CT molecular complexity index is 1320. The van der Waals surface area contributed by atoms with Crippen LogP contribution in [0.15, 0.2) is 72.9 Å². The summed E-state index contributed by atoms with van der Waals surface area (Å²) in [5.74, 6) is -0.193. The van der Waals surface area contributed by atoms with Gasteiger partial charge >= 0.3 is 7.82 Å². The number of phosphoric acid groups is 1. The van der Waals surface area contributed by atoms with Crippen molar-refractivity contribution in [2.24, 2.45) is 0 Å². The first-order valence-electron chi connectivity index (χ1n) is 27.8. The Kier molecular flexibility index (Phi) is 47.4. The first kappa shape index (κ1) is 64.9. The molecule has 3 atom stereocenters. The molecular weight excluding hydrogens is 852 g/mol. The number of hydrogen-bond donors (Lipinski definition) is 3. The minimum absolute atomic E-state index is 0.0519. The molecule has 390 valence electrons. The van der Waals surface area contributed by atoms with Crippen LogP contribution in [0.5, 0.6) is 0 Å². The molecule has 0 spiro atoms. The van der Waals surface area contributed by atoms with Crippen LogP contribution in [0.4, 0.5) is 0 Å². The van der Waals surface area contributed by atoms with E-state index < -0.39 is 20.0 Å². The summed E-state index contributed by atoms with van der Waals surface area (Å²) < 4.78 is 23.5. The van der Waals surface area contributed by atoms with Crippen LogP contribution in [-0.4, -0.2) is 73.4 Å². The number of amides is 1. The van der Waals surface area contributed by atoms with E-state index in [9.17, 15) is 19.4 Å². The summed E-state index contributed by atoms with van der Waals surface area (Å²) in [4.78, 5) is 23.2. The van der Waals surface area contributed by atoms with Gasteiger partial charge in [-0.1, -0.05) is 228 Å². The number of rotatable bonds is 50. The lowest BCUT2D eigenvalue weighted by molar-refractivity contribution is -0.870. The van der Waals surface area contributed by atoms with Crippen molar-refractivity contribution < 1.29 is 32.9 Å². The Balaban J connectivity index is 3.94. The number of phosphoric ester groups is 1. The highest BCUT2D eigenvalue weighted by Crippen LogP contribution is 2.43. The molecule has 0 bridgehead atoms. The van der Waals surface area contributed by atoms with Crippen LogP contribution in [0, 0.1) is 0 Å². The maximum atomic E-state index is 12.9. The van der Waals surface area contributed by atoms with Crippen LogP contribution >= 0.6 is 7.82 Å². The van der Waals surface area contributed by atoms with Crippen LogP contribution < -0.4 is 5.32 Å². The summed E-state index contributed by atoms with van der Waals surface area (Å²) in [5.41, 5.74) is 0. The molecular formula is C58H108N2O6P+. The first-order valence-corrected chi connectivity index (χ1v) is 29.3. The van der Waals surface area contributed by atoms with Gasteiger partial charge in [0, 0.05) is 6.42 Å². The van der Waals surface area contributed by atoms with Gasteiger partial charge in [0.15, 0.2) is 0 Å². The zero-order valence-corrected chi connectivity index (χ0v) is 45.3. The van der Waals surface area contributed by atoms with Gasteiger partial charge in [0.05, 0.1) is 39.9 Å². The second kappa shape index (κ2) is 48.9. The summed E-state index contributed by atoms with van der Waals surface area (Å²) in [6.45, 7) is 4.65. The molecule has 0 saturated heterocycles. The lowest BCUT2D eigenvalue weighted by atomic mass is 10.0. The van der Waals surface area contributed by atoms with E-state index in [4.69, 9.17) is 9.05 Å². The zero-order valence-electron chi connectivity index (χ0n) is 44.4. The average molecular weight is 960 g/mol. The van der Waals surface area contributed by atoms with Crippen molar-refractivity contribution in [3.8, 4) is 0 Å². The standard InChI is InChI=1S/C58H107N2O6P/c1-6-8-10-12-14-16-18-19-20-21-22-23-24-25-26-27-28-29-30-31-32-33-34-35-36-37-38-39-40-41-42-44-46-48-50-52-58(62)59-56(55-66-67(63,64)65-54-53-60(3,4)5)57(61)51-49-47-45-43-17-15-13-11-9-7-2/h9,11,17-19,21-22,24-25,43,49,51,56-57,61H,6-8,10,12-16,20,23,26-42,44-48,50,52-55H2,1-5H3,(H-,59,62,63,64)/p+1/b11-9+,19-18-,22-21-,25-24-,43-17+,51-49+. The third kappa shape index (κ3) is 51.6. The van der Waals surface area contributed by atoms with E-state index in [1.54, 1.807) is 6.08 Å². The quantitative estimate of drug-likeness (QED) is 0.0243. The summed E-state index contributed by atoms with van der Waals surface area (Å²) in [7, 11) is 1.54. The van der Waals surface area contributed by atoms with E-state index in [-0.39, 0.29) is 19.1 Å². The largest absolute Gasteiger partial charge is 0.472 e. The van der Waals surface area contributed by atoms with Crippen molar-refractivity contribution in [2.75, 3.05) is 40.9 Å². The third-order valence-electron chi connectivity index (χ3n) is 12.1. The predicted molar refractivity (Wildman–Crippen MR) is 290 cm³/mol. The molecule has 3 N–H and O–H groups in total. The fourth-order valence-electron chi connectivity index (χ4n) is 7.79. The smallest absolute Gasteiger partial charge is 0.387 e. The van der Waals surface area contributed by atoms with E-state index in [1.165, 1.54) is 154 Å². The molecule has 0 aliphatic heterocycles. The van der Waals surface area contributed by atoms with Gasteiger partial charge in [-0.3, -0.25) is 13.8 Å². The lowest BCUT2D eigenvalue weighted by Gasteiger charge is -2.25. The highest BCUT2D eigenvalue weighted by molar-refractivity contribution is 7.47. The maximum absolute atomic E-state index is 12.9. The summed E-state index contributed by atoms with van der Waals surface area (Å²) in [5, 5.41) is 13.8. The van der Waals surface area contributed by atoms with Gasteiger partial charge in [0.1, 0.15) is 13.2 Å². The molecule has 8 nitrogen and oxygen atoms in total. The van der Waals surface area contributed by atoms with Gasteiger partial charge in [0.2, 0.25) is 5.91 Å². The van der Waals surface area contributed by atoms with E-state index in [1.807, 2.05) is 27.2 Å². The lowest BCUT2D eigenvalue weighted by Crippen LogP contribution is -2.45. The molecule has 0 saturated carbocycles. The fraction of sp³-hybridized carbons (Fsp3) is 0.776. The molecule has 3 unspecified atom stereocenters. The van der Waals surface area contributed by atoms with Crippen molar-refractivity contribution in [3.05, 3.63) is 72.9 Å². The Hall–Kier alpha value is -2.06. The molecule has 0 rings (SSSR count). The number of quaternary nitrogens is 1. The van der Waals surface area contributed by atoms with Crippen LogP contribution in [0.3, 0.4) is 0 Å². The molecule has 0 fully saturated rings. The molecule has 0 aromatic carbocycles. The average Bonchev–Trinajstić information content (AvgIpc) is 3.29. The molecule has 0 aliphatic carbocycles. The number of likely N-dealkylation sites (N-methyl/N-ethyl adjacent to an activating group) is 1. The Morgan fingerprint density at radius 1 is 0.522 bits per heavy atom. The predicted octanol–water partition coefficient (Wildman–Crippen LogP) is 16.7. The number of carbonyl (C=O) groups excluding carboxylic acids is 1. The summed E-state index contributed by atoms with van der Waals surface area (Å²) >= 11 is 0. The molecule has 0 heterocycles. The summed E-state index contributed by atoms with van der Waals surface area (Å²) in [6.07, 6.45) is 67.5. The minimum Gasteiger partial charge on any atom is -0.387 e. The van der Waals surface area contributed by atoms with Crippen LogP contribution in [-0.2, 0) is 18.4 Å². The monoisotopic (exact) mass is 960 g/mol. The van der Waals surface area contributed by atoms with Gasteiger partial charge in [0.25, 0.3) is 0 Å². The number of nitrogens with zero attached hydrogens (tertiary/aromatic N) is 1. The molecule has 1 amide bonds. The first-order chi connectivity index (χ1) is 32.5. The van der Waals surface area contributed by atoms with Crippen LogP contribution in [0.1, 0.15) is 239 Å². The molecule has 9 heteroatoms. The Morgan fingerprint density at radius 2 is 0.910 bits per heavy atom. The van der Waals surface area contributed by atoms with E-state index in [2.05, 4.69) is 79.9 Å². The molecule has 0 radical (unpaired) electrons. The Morgan fingerprint density at radius 3 is 1.36 bits per heavy atom. The minimum atomic E-state index is -4.35. The van der Waals surface area contributed by atoms with Crippen molar-refractivity contribution in [1.82, 2.24) is 5.32 Å². The number of carbonyl (C=O) groups is 1. The molecule has 67 heavy (non-hydrogen) atoms. The summed E-state index contributed by atoms with van der Waals surface area (Å²) in [6, 6.07) is -0.869. The van der Waals surface area contributed by atoms with Gasteiger partial charge in [-0.2, -0.15) is 0 Å². The fourth-order valence-corrected chi connectivity index (χ4v) is 8.53. The van der Waals surface area contributed by atoms with E-state index in [0.717, 1.165) is 64.2 Å². The number of allylic oxidation sites excluding steroid dienone is 11. The number of nitrogens with one attached hydrogen (secondary N) is 1. The van der Waals surface area contributed by atoms with Crippen molar-refractivity contribution in [2.45, 2.75) is 251 Å². The van der Waals surface area contributed by atoms with Crippen molar-refractivity contribution in [3.63, 3.8) is 0 Å². The number of aliphatic hydroxyl groups excluding tert-OH is 1. The third-order valence-corrected chi connectivity index (χ3v) is 13.1. The number of unbranched alkanes of at least 4 members (excludes halogenated alkanes) is 27. The second-order valence-electron chi connectivity index (χ2n) is 19.9. The highest BCUT2D eigenvalue weighted by Gasteiger charge is 2.27. The Labute approximate surface area is 414 Å². The maximum Gasteiger partial charge on any atom is 0.472 e. The normalized spacial score (nSPS) is 14.6. The highest BCUT2D eigenvalue weighted by atomic mass is 31.2. The second-order valence-corrected chi connectivity index (χ2v) is 21.4. The van der Waals surface area contributed by atoms with Crippen molar-refractivity contribution in [1.29, 1.82) is 0 Å². The number of hydrogen-bond acceptors (Lipinski definition) is 5. The molecule has 0 aromatic rings. The zero-order chi connectivity index (χ0) is 49.2. The van der Waals surface area contributed by atoms with Gasteiger partial charge in [-0.25, -0.2) is 4.57 Å². The molecule has 0 aromatic heterocycles.